The van der Waals surface area contributed by atoms with Crippen molar-refractivity contribution in [1.29, 1.82) is 0 Å². The molecule has 1 saturated heterocycles. The van der Waals surface area contributed by atoms with E-state index < -0.39 is 11.4 Å². The van der Waals surface area contributed by atoms with Crippen LogP contribution in [0.2, 0.25) is 5.02 Å². The average Bonchev–Trinajstić information content (AvgIpc) is 2.31. The van der Waals surface area contributed by atoms with Crippen LogP contribution in [-0.4, -0.2) is 34.6 Å². The minimum atomic E-state index is -0.732. The average molecular weight is 272 g/mol. The van der Waals surface area contributed by atoms with Crippen LogP contribution < -0.4 is 0 Å². The number of nitrogens with zero attached hydrogens (tertiary/aromatic N) is 1. The van der Waals surface area contributed by atoms with E-state index in [1.807, 2.05) is 0 Å². The van der Waals surface area contributed by atoms with Gasteiger partial charge in [0.15, 0.2) is 0 Å². The van der Waals surface area contributed by atoms with Crippen molar-refractivity contribution in [3.8, 4) is 0 Å². The minimum Gasteiger partial charge on any atom is -0.390 e. The van der Waals surface area contributed by atoms with Gasteiger partial charge in [0.1, 0.15) is 5.82 Å². The van der Waals surface area contributed by atoms with Crippen LogP contribution in [0, 0.1) is 5.82 Å². The second kappa shape index (κ2) is 4.86. The van der Waals surface area contributed by atoms with Gasteiger partial charge >= 0.3 is 0 Å². The van der Waals surface area contributed by atoms with Crippen LogP contribution in [0.3, 0.4) is 0 Å². The molecule has 0 radical (unpaired) electrons. The fourth-order valence-corrected chi connectivity index (χ4v) is 2.20. The summed E-state index contributed by atoms with van der Waals surface area (Å²) in [7, 11) is 0. The molecule has 0 aromatic heterocycles. The topological polar surface area (TPSA) is 40.5 Å². The smallest absolute Gasteiger partial charge is 0.256 e. The summed E-state index contributed by atoms with van der Waals surface area (Å²) < 4.78 is 13.6. The molecule has 1 aliphatic heterocycles. The van der Waals surface area contributed by atoms with Gasteiger partial charge in [-0.2, -0.15) is 0 Å². The normalized spacial score (nSPS) is 18.8. The number of hydrogen-bond donors (Lipinski definition) is 1. The summed E-state index contributed by atoms with van der Waals surface area (Å²) in [4.78, 5) is 13.7. The molecule has 0 unspecified atom stereocenters. The molecule has 0 atom stereocenters. The van der Waals surface area contributed by atoms with E-state index >= 15 is 0 Å². The molecule has 3 nitrogen and oxygen atoms in total. The number of aliphatic hydroxyl groups is 1. The van der Waals surface area contributed by atoms with Crippen molar-refractivity contribution in [3.63, 3.8) is 0 Å². The van der Waals surface area contributed by atoms with E-state index in [2.05, 4.69) is 0 Å². The predicted octanol–water partition coefficient (Wildman–Crippen LogP) is 2.47. The number of likely N-dealkylation sites (tertiary alicyclic amines) is 1. The summed E-state index contributed by atoms with van der Waals surface area (Å²) in [6.45, 7) is 2.60. The van der Waals surface area contributed by atoms with Gasteiger partial charge in [-0.3, -0.25) is 4.79 Å². The molecule has 1 amide bonds. The number of hydrogen-bond acceptors (Lipinski definition) is 2. The maximum atomic E-state index is 13.6. The van der Waals surface area contributed by atoms with Gasteiger partial charge in [0.25, 0.3) is 5.91 Å². The number of rotatable bonds is 1. The second-order valence-electron chi connectivity index (χ2n) is 4.91. The van der Waals surface area contributed by atoms with E-state index in [0.717, 1.165) is 0 Å². The van der Waals surface area contributed by atoms with Crippen LogP contribution in [0.25, 0.3) is 0 Å². The summed E-state index contributed by atoms with van der Waals surface area (Å²) in [5, 5.41) is 10.1. The molecule has 1 aliphatic rings. The van der Waals surface area contributed by atoms with Crippen molar-refractivity contribution in [2.24, 2.45) is 0 Å². The van der Waals surface area contributed by atoms with Crippen LogP contribution in [0.15, 0.2) is 18.2 Å². The first kappa shape index (κ1) is 13.3. The van der Waals surface area contributed by atoms with Crippen LogP contribution in [0.5, 0.6) is 0 Å². The lowest BCUT2D eigenvalue weighted by Gasteiger charge is -2.35. The van der Waals surface area contributed by atoms with E-state index in [1.165, 1.54) is 18.2 Å². The Bertz CT molecular complexity index is 466. The first-order valence-corrected chi connectivity index (χ1v) is 6.23. The molecule has 18 heavy (non-hydrogen) atoms. The monoisotopic (exact) mass is 271 g/mol. The number of benzene rings is 1. The molecule has 1 heterocycles. The minimum absolute atomic E-state index is 0.0101. The van der Waals surface area contributed by atoms with Crippen molar-refractivity contribution in [1.82, 2.24) is 4.90 Å². The molecule has 0 aliphatic carbocycles. The maximum absolute atomic E-state index is 13.6. The molecule has 0 saturated carbocycles. The molecule has 0 spiro atoms. The second-order valence-corrected chi connectivity index (χ2v) is 5.35. The Balaban J connectivity index is 2.15. The summed E-state index contributed by atoms with van der Waals surface area (Å²) >= 11 is 5.77. The van der Waals surface area contributed by atoms with Crippen LogP contribution in [0.4, 0.5) is 4.39 Å². The Hall–Kier alpha value is -1.13. The Kier molecular flexibility index (Phi) is 3.59. The van der Waals surface area contributed by atoms with Crippen molar-refractivity contribution in [3.05, 3.63) is 34.6 Å². The zero-order valence-corrected chi connectivity index (χ0v) is 10.9. The molecule has 5 heteroatoms. The van der Waals surface area contributed by atoms with Gasteiger partial charge in [0.2, 0.25) is 0 Å². The van der Waals surface area contributed by atoms with E-state index in [-0.39, 0.29) is 11.5 Å². The number of carbonyl (C=O) groups is 1. The first-order chi connectivity index (χ1) is 8.39. The number of piperidine rings is 1. The summed E-state index contributed by atoms with van der Waals surface area (Å²) in [6, 6.07) is 3.94. The van der Waals surface area contributed by atoms with Crippen molar-refractivity contribution < 1.29 is 14.3 Å². The van der Waals surface area contributed by atoms with Gasteiger partial charge in [-0.1, -0.05) is 11.6 Å². The Labute approximate surface area is 110 Å². The molecule has 98 valence electrons. The molecule has 1 N–H and O–H groups in total. The van der Waals surface area contributed by atoms with Gasteiger partial charge in [-0.25, -0.2) is 4.39 Å². The molecule has 0 bridgehead atoms. The fourth-order valence-electron chi connectivity index (χ4n) is 2.02. The van der Waals surface area contributed by atoms with Crippen LogP contribution in [0.1, 0.15) is 30.1 Å². The van der Waals surface area contributed by atoms with Gasteiger partial charge in [-0.15, -0.1) is 0 Å². The molecule has 1 aromatic carbocycles. The van der Waals surface area contributed by atoms with Gasteiger partial charge in [0, 0.05) is 18.1 Å². The third-order valence-electron chi connectivity index (χ3n) is 3.29. The van der Waals surface area contributed by atoms with Crippen LogP contribution >= 0.6 is 11.6 Å². The Morgan fingerprint density at radius 2 is 2.06 bits per heavy atom. The van der Waals surface area contributed by atoms with E-state index in [4.69, 9.17) is 11.6 Å². The molecule has 1 fully saturated rings. The fraction of sp³-hybridized carbons (Fsp3) is 0.462. The predicted molar refractivity (Wildman–Crippen MR) is 67.2 cm³/mol. The van der Waals surface area contributed by atoms with E-state index in [1.54, 1.807) is 11.8 Å². The van der Waals surface area contributed by atoms with Gasteiger partial charge in [0.05, 0.1) is 11.2 Å². The zero-order valence-electron chi connectivity index (χ0n) is 10.1. The SMILES string of the molecule is CC1(O)CCN(C(=O)c2cc(Cl)ccc2F)CC1. The van der Waals surface area contributed by atoms with E-state index in [9.17, 15) is 14.3 Å². The van der Waals surface area contributed by atoms with Crippen LogP contribution in [-0.2, 0) is 0 Å². The van der Waals surface area contributed by atoms with Gasteiger partial charge < -0.3 is 10.0 Å². The number of amides is 1. The standard InChI is InChI=1S/C13H15ClFNO2/c1-13(18)4-6-16(7-5-13)12(17)10-8-9(14)2-3-11(10)15/h2-3,8,18H,4-7H2,1H3. The molecule has 1 aromatic rings. The molecular formula is C13H15ClFNO2. The highest BCUT2D eigenvalue weighted by Crippen LogP contribution is 2.24. The Morgan fingerprint density at radius 1 is 1.44 bits per heavy atom. The summed E-state index contributed by atoms with van der Waals surface area (Å²) in [6.07, 6.45) is 1.00. The Morgan fingerprint density at radius 3 is 2.67 bits per heavy atom. The summed E-state index contributed by atoms with van der Waals surface area (Å²) in [5.74, 6) is -0.938. The highest BCUT2D eigenvalue weighted by molar-refractivity contribution is 6.31. The van der Waals surface area contributed by atoms with Crippen molar-refractivity contribution in [2.75, 3.05) is 13.1 Å². The third-order valence-corrected chi connectivity index (χ3v) is 3.52. The van der Waals surface area contributed by atoms with Crippen molar-refractivity contribution >= 4 is 17.5 Å². The first-order valence-electron chi connectivity index (χ1n) is 5.86. The lowest BCUT2D eigenvalue weighted by Crippen LogP contribution is -2.45. The lowest BCUT2D eigenvalue weighted by molar-refractivity contribution is -0.00213. The quantitative estimate of drug-likeness (QED) is 0.852. The third kappa shape index (κ3) is 2.82. The maximum Gasteiger partial charge on any atom is 0.256 e. The molecular weight excluding hydrogens is 257 g/mol. The highest BCUT2D eigenvalue weighted by Gasteiger charge is 2.30. The van der Waals surface area contributed by atoms with Crippen molar-refractivity contribution in [2.45, 2.75) is 25.4 Å². The lowest BCUT2D eigenvalue weighted by atomic mass is 9.93. The van der Waals surface area contributed by atoms with E-state index in [0.29, 0.717) is 31.0 Å². The number of halogens is 2. The highest BCUT2D eigenvalue weighted by atomic mass is 35.5. The van der Waals surface area contributed by atoms with Gasteiger partial charge in [-0.05, 0) is 38.0 Å². The largest absolute Gasteiger partial charge is 0.390 e. The molecule has 2 rings (SSSR count). The number of carbonyl (C=O) groups excluding carboxylic acids is 1. The zero-order chi connectivity index (χ0) is 13.3. The summed E-state index contributed by atoms with van der Waals surface area (Å²) in [5.41, 5.74) is -0.743.